The van der Waals surface area contributed by atoms with E-state index in [1.807, 2.05) is 0 Å². The second-order valence-corrected chi connectivity index (χ2v) is 9.62. The predicted octanol–water partition coefficient (Wildman–Crippen LogP) is 4.23. The van der Waals surface area contributed by atoms with Crippen molar-refractivity contribution < 1.29 is 17.2 Å². The summed E-state index contributed by atoms with van der Waals surface area (Å²) in [5.41, 5.74) is 2.21. The Balaban J connectivity index is 1.34. The average Bonchev–Trinajstić information content (AvgIpc) is 3.44. The minimum Gasteiger partial charge on any atom is -0.432 e. The number of anilines is 1. The molecule has 3 aromatic heterocycles. The molecule has 0 unspecified atom stereocenters. The molecule has 0 saturated heterocycles. The molecule has 0 aliphatic heterocycles. The smallest absolute Gasteiger partial charge is 0.306 e. The van der Waals surface area contributed by atoms with Crippen molar-refractivity contribution in [3.8, 4) is 22.6 Å². The van der Waals surface area contributed by atoms with Gasteiger partial charge in [-0.3, -0.25) is 4.40 Å². The molecule has 0 saturated carbocycles. The molecule has 2 aromatic carbocycles. The lowest BCUT2D eigenvalue weighted by Crippen LogP contribution is -2.29. The summed E-state index contributed by atoms with van der Waals surface area (Å²) in [7, 11) is -3.67. The predicted molar refractivity (Wildman–Crippen MR) is 129 cm³/mol. The molecule has 5 aromatic rings. The van der Waals surface area contributed by atoms with Gasteiger partial charge in [-0.1, -0.05) is 23.7 Å². The molecule has 0 spiro atoms. The number of benzene rings is 2. The quantitative estimate of drug-likeness (QED) is 0.299. The van der Waals surface area contributed by atoms with Crippen LogP contribution in [0.3, 0.4) is 0 Å². The molecule has 0 bridgehead atoms. The Bertz CT molecular complexity index is 1600. The minimum atomic E-state index is -3.67. The van der Waals surface area contributed by atoms with E-state index < -0.39 is 10.0 Å². The van der Waals surface area contributed by atoms with Gasteiger partial charge in [-0.2, -0.15) is 4.98 Å². The Hall–Kier alpha value is -3.80. The van der Waals surface area contributed by atoms with Crippen molar-refractivity contribution in [1.29, 1.82) is 0 Å². The van der Waals surface area contributed by atoms with Gasteiger partial charge in [-0.25, -0.2) is 27.5 Å². The summed E-state index contributed by atoms with van der Waals surface area (Å²) in [5.74, 6) is 0.241. The van der Waals surface area contributed by atoms with Crippen LogP contribution in [0.5, 0.6) is 0 Å². The third kappa shape index (κ3) is 4.87. The van der Waals surface area contributed by atoms with Crippen LogP contribution in [0.2, 0.25) is 5.02 Å². The number of nitrogens with one attached hydrogen (secondary N) is 2. The summed E-state index contributed by atoms with van der Waals surface area (Å²) in [6.07, 6.45) is 4.76. The molecular formula is C23H18ClFN6O3S. The Morgan fingerprint density at radius 2 is 1.89 bits per heavy atom. The van der Waals surface area contributed by atoms with Crippen molar-refractivity contribution in [3.63, 3.8) is 0 Å². The van der Waals surface area contributed by atoms with Crippen LogP contribution < -0.4 is 10.0 Å². The molecule has 9 nitrogen and oxygen atoms in total. The fourth-order valence-electron chi connectivity index (χ4n) is 3.50. The van der Waals surface area contributed by atoms with Gasteiger partial charge < -0.3 is 9.73 Å². The van der Waals surface area contributed by atoms with Crippen LogP contribution in [-0.2, 0) is 10.0 Å². The van der Waals surface area contributed by atoms with Gasteiger partial charge in [0.15, 0.2) is 0 Å². The van der Waals surface area contributed by atoms with Gasteiger partial charge in [0.05, 0.1) is 10.6 Å². The first-order valence-electron chi connectivity index (χ1n) is 10.4. The van der Waals surface area contributed by atoms with Gasteiger partial charge in [0.2, 0.25) is 16.0 Å². The van der Waals surface area contributed by atoms with Crippen molar-refractivity contribution in [3.05, 3.63) is 84.1 Å². The number of imidazole rings is 1. The zero-order valence-electron chi connectivity index (χ0n) is 18.0. The number of halogens is 2. The molecule has 35 heavy (non-hydrogen) atoms. The van der Waals surface area contributed by atoms with E-state index in [2.05, 4.69) is 25.0 Å². The molecule has 0 amide bonds. The molecule has 12 heteroatoms. The van der Waals surface area contributed by atoms with E-state index in [1.165, 1.54) is 42.7 Å². The molecule has 178 valence electrons. The first-order valence-corrected chi connectivity index (χ1v) is 12.3. The molecule has 0 fully saturated rings. The van der Waals surface area contributed by atoms with Gasteiger partial charge in [-0.15, -0.1) is 0 Å². The van der Waals surface area contributed by atoms with Crippen LogP contribution in [0.1, 0.15) is 0 Å². The number of fused-ring (bicyclic) bond motifs is 1. The fourth-order valence-corrected chi connectivity index (χ4v) is 4.66. The van der Waals surface area contributed by atoms with E-state index in [0.717, 1.165) is 0 Å². The van der Waals surface area contributed by atoms with Crippen molar-refractivity contribution in [2.45, 2.75) is 4.90 Å². The highest BCUT2D eigenvalue weighted by molar-refractivity contribution is 7.89. The number of sulfonamides is 1. The third-order valence-electron chi connectivity index (χ3n) is 5.08. The van der Waals surface area contributed by atoms with Crippen LogP contribution in [-0.4, -0.2) is 40.9 Å². The maximum Gasteiger partial charge on any atom is 0.306 e. The van der Waals surface area contributed by atoms with Gasteiger partial charge in [-0.05, 0) is 42.5 Å². The first kappa shape index (κ1) is 23.0. The Morgan fingerprint density at radius 3 is 2.69 bits per heavy atom. The summed E-state index contributed by atoms with van der Waals surface area (Å²) < 4.78 is 48.3. The summed E-state index contributed by atoms with van der Waals surface area (Å²) in [5, 5.41) is 3.46. The average molecular weight is 513 g/mol. The Labute approximate surface area is 204 Å². The van der Waals surface area contributed by atoms with Crippen molar-refractivity contribution in [2.24, 2.45) is 0 Å². The highest BCUT2D eigenvalue weighted by Gasteiger charge is 2.20. The van der Waals surface area contributed by atoms with E-state index in [9.17, 15) is 12.8 Å². The number of aromatic nitrogens is 4. The minimum absolute atomic E-state index is 0.103. The Morgan fingerprint density at radius 1 is 1.06 bits per heavy atom. The third-order valence-corrected chi connectivity index (χ3v) is 6.81. The largest absolute Gasteiger partial charge is 0.432 e. The second-order valence-electron chi connectivity index (χ2n) is 7.42. The van der Waals surface area contributed by atoms with E-state index in [4.69, 9.17) is 16.0 Å². The molecule has 3 heterocycles. The van der Waals surface area contributed by atoms with Crippen LogP contribution in [0, 0.1) is 5.82 Å². The van der Waals surface area contributed by atoms with E-state index >= 15 is 0 Å². The van der Waals surface area contributed by atoms with Crippen LogP contribution in [0.25, 0.3) is 28.5 Å². The summed E-state index contributed by atoms with van der Waals surface area (Å²) >= 11 is 5.82. The van der Waals surface area contributed by atoms with Gasteiger partial charge in [0.1, 0.15) is 23.5 Å². The highest BCUT2D eigenvalue weighted by atomic mass is 35.5. The topological polar surface area (TPSA) is 114 Å². The van der Waals surface area contributed by atoms with Crippen LogP contribution >= 0.6 is 11.6 Å². The molecule has 0 aliphatic carbocycles. The van der Waals surface area contributed by atoms with Crippen molar-refractivity contribution in [2.75, 3.05) is 18.4 Å². The SMILES string of the molecule is O=S(=O)(NCCNc1nccc(-c2c(-c3cccc(F)c3)nc3occn23)n1)c1ccc(Cl)cc1. The molecule has 0 aliphatic rings. The lowest BCUT2D eigenvalue weighted by Gasteiger charge is -2.09. The summed E-state index contributed by atoms with van der Waals surface area (Å²) in [6.45, 7) is 0.340. The van der Waals surface area contributed by atoms with Crippen LogP contribution in [0.4, 0.5) is 10.3 Å². The maximum atomic E-state index is 13.9. The second kappa shape index (κ2) is 9.45. The zero-order chi connectivity index (χ0) is 24.4. The number of oxazole rings is 1. The van der Waals surface area contributed by atoms with Gasteiger partial charge in [0.25, 0.3) is 0 Å². The normalized spacial score (nSPS) is 11.7. The van der Waals surface area contributed by atoms with Crippen molar-refractivity contribution in [1.82, 2.24) is 24.1 Å². The number of hydrogen-bond donors (Lipinski definition) is 2. The molecule has 5 rings (SSSR count). The Kier molecular flexibility index (Phi) is 6.20. The van der Waals surface area contributed by atoms with E-state index in [1.54, 1.807) is 35.0 Å². The monoisotopic (exact) mass is 512 g/mol. The number of nitrogens with zero attached hydrogens (tertiary/aromatic N) is 4. The standard InChI is InChI=1S/C23H18ClFN6O3S/c24-16-4-6-18(7-5-16)35(32,33)28-11-10-27-22-26-9-8-19(29-22)21-20(15-2-1-3-17(25)14-15)30-23-31(21)12-13-34-23/h1-9,12-14,28H,10-11H2,(H,26,27,29). The fraction of sp³-hybridized carbons (Fsp3) is 0.0870. The van der Waals surface area contributed by atoms with E-state index in [0.29, 0.717) is 33.5 Å². The van der Waals surface area contributed by atoms with E-state index in [-0.39, 0.29) is 29.8 Å². The zero-order valence-corrected chi connectivity index (χ0v) is 19.6. The number of rotatable bonds is 8. The van der Waals surface area contributed by atoms with Gasteiger partial charge in [0, 0.05) is 36.1 Å². The molecular weight excluding hydrogens is 495 g/mol. The van der Waals surface area contributed by atoms with Crippen molar-refractivity contribution >= 4 is 33.4 Å². The molecule has 0 atom stereocenters. The summed E-state index contributed by atoms with van der Waals surface area (Å²) in [4.78, 5) is 13.4. The number of hydrogen-bond acceptors (Lipinski definition) is 7. The lowest BCUT2D eigenvalue weighted by atomic mass is 10.1. The molecule has 2 N–H and O–H groups in total. The van der Waals surface area contributed by atoms with Gasteiger partial charge >= 0.3 is 5.84 Å². The maximum absolute atomic E-state index is 13.9. The lowest BCUT2D eigenvalue weighted by molar-refractivity contribution is 0.583. The van der Waals surface area contributed by atoms with Crippen LogP contribution in [0.15, 0.2) is 82.6 Å². The highest BCUT2D eigenvalue weighted by Crippen LogP contribution is 2.32. The molecule has 0 radical (unpaired) electrons. The first-order chi connectivity index (χ1) is 16.9. The summed E-state index contributed by atoms with van der Waals surface area (Å²) in [6, 6.07) is 13.7.